The molecule has 0 aliphatic heterocycles. The minimum atomic E-state index is -4.57. The lowest BCUT2D eigenvalue weighted by molar-refractivity contribution is -0.141. The molecule has 0 saturated heterocycles. The van der Waals surface area contributed by atoms with Crippen LogP contribution in [0.15, 0.2) is 42.5 Å². The summed E-state index contributed by atoms with van der Waals surface area (Å²) in [6.07, 6.45) is -3.86. The van der Waals surface area contributed by atoms with Gasteiger partial charge in [0.05, 0.1) is 20.6 Å². The standard InChI is InChI=1S/C19H15Cl3F3N3S/c20-12-8-13(21)16(14(22)9-12)27-18-28-17(19(23,24)25)15(29-18)10-26-7-6-11-4-2-1-3-5-11/h1-5,8-9,26H,6-7,10H2,(H,27,28). The Morgan fingerprint density at radius 1 is 1.00 bits per heavy atom. The maximum Gasteiger partial charge on any atom is 0.434 e. The van der Waals surface area contributed by atoms with E-state index in [2.05, 4.69) is 15.6 Å². The van der Waals surface area contributed by atoms with Gasteiger partial charge in [-0.15, -0.1) is 0 Å². The first-order chi connectivity index (χ1) is 13.7. The zero-order chi connectivity index (χ0) is 21.0. The highest BCUT2D eigenvalue weighted by molar-refractivity contribution is 7.15. The Morgan fingerprint density at radius 3 is 2.28 bits per heavy atom. The van der Waals surface area contributed by atoms with Gasteiger partial charge in [-0.2, -0.15) is 13.2 Å². The van der Waals surface area contributed by atoms with E-state index in [0.29, 0.717) is 18.0 Å². The van der Waals surface area contributed by atoms with E-state index in [1.165, 1.54) is 12.1 Å². The summed E-state index contributed by atoms with van der Waals surface area (Å²) in [5.41, 5.74) is 0.428. The van der Waals surface area contributed by atoms with Gasteiger partial charge in [-0.05, 0) is 30.7 Å². The largest absolute Gasteiger partial charge is 0.434 e. The first-order valence-corrected chi connectivity index (χ1v) is 10.4. The number of hydrogen-bond acceptors (Lipinski definition) is 4. The van der Waals surface area contributed by atoms with E-state index in [4.69, 9.17) is 34.8 Å². The Morgan fingerprint density at radius 2 is 1.66 bits per heavy atom. The van der Waals surface area contributed by atoms with Gasteiger partial charge in [0.15, 0.2) is 10.8 Å². The van der Waals surface area contributed by atoms with Crippen LogP contribution in [0.3, 0.4) is 0 Å². The Bertz CT molecular complexity index is 955. The number of alkyl halides is 3. The van der Waals surface area contributed by atoms with Crippen LogP contribution >= 0.6 is 46.1 Å². The van der Waals surface area contributed by atoms with Crippen molar-refractivity contribution in [3.05, 3.63) is 73.7 Å². The number of rotatable bonds is 7. The highest BCUT2D eigenvalue weighted by atomic mass is 35.5. The van der Waals surface area contributed by atoms with Gasteiger partial charge in [-0.25, -0.2) is 4.98 Å². The summed E-state index contributed by atoms with van der Waals surface area (Å²) in [6.45, 7) is 0.583. The minimum Gasteiger partial charge on any atom is -0.329 e. The van der Waals surface area contributed by atoms with Crippen LogP contribution in [0.1, 0.15) is 16.1 Å². The molecule has 10 heteroatoms. The molecule has 154 valence electrons. The van der Waals surface area contributed by atoms with Crippen molar-refractivity contribution in [2.75, 3.05) is 11.9 Å². The zero-order valence-corrected chi connectivity index (χ0v) is 17.9. The van der Waals surface area contributed by atoms with Crippen molar-refractivity contribution in [3.8, 4) is 0 Å². The Hall–Kier alpha value is -1.51. The number of nitrogens with one attached hydrogen (secondary N) is 2. The van der Waals surface area contributed by atoms with Crippen molar-refractivity contribution >= 4 is 57.0 Å². The molecule has 1 aromatic heterocycles. The lowest BCUT2D eigenvalue weighted by Gasteiger charge is -2.08. The Balaban J connectivity index is 1.73. The Labute approximate surface area is 184 Å². The molecule has 0 saturated carbocycles. The molecule has 3 nitrogen and oxygen atoms in total. The number of anilines is 2. The summed E-state index contributed by atoms with van der Waals surface area (Å²) in [4.78, 5) is 3.79. The predicted molar refractivity (Wildman–Crippen MR) is 114 cm³/mol. The molecule has 0 aliphatic rings. The van der Waals surface area contributed by atoms with Gasteiger partial charge in [0, 0.05) is 11.6 Å². The quantitative estimate of drug-likeness (QED) is 0.351. The molecule has 0 amide bonds. The van der Waals surface area contributed by atoms with Crippen molar-refractivity contribution in [1.29, 1.82) is 0 Å². The molecule has 3 aromatic rings. The molecule has 1 heterocycles. The molecule has 0 radical (unpaired) electrons. The average Bonchev–Trinajstić information content (AvgIpc) is 3.06. The number of benzene rings is 2. The fourth-order valence-corrected chi connectivity index (χ4v) is 4.46. The topological polar surface area (TPSA) is 37.0 Å². The third kappa shape index (κ3) is 5.99. The van der Waals surface area contributed by atoms with Gasteiger partial charge in [0.25, 0.3) is 0 Å². The number of hydrogen-bond donors (Lipinski definition) is 2. The van der Waals surface area contributed by atoms with Crippen LogP contribution in [0.4, 0.5) is 24.0 Å². The SMILES string of the molecule is FC(F)(F)c1nc(Nc2c(Cl)cc(Cl)cc2Cl)sc1CNCCc1ccccc1. The molecule has 0 aliphatic carbocycles. The van der Waals surface area contributed by atoms with Gasteiger partial charge in [-0.3, -0.25) is 0 Å². The summed E-state index contributed by atoms with van der Waals surface area (Å²) in [5, 5.41) is 6.56. The van der Waals surface area contributed by atoms with Crippen LogP contribution in [0, 0.1) is 0 Å². The summed E-state index contributed by atoms with van der Waals surface area (Å²) in [6, 6.07) is 12.6. The first-order valence-electron chi connectivity index (χ1n) is 8.47. The summed E-state index contributed by atoms with van der Waals surface area (Å²) < 4.78 is 40.2. The van der Waals surface area contributed by atoms with Gasteiger partial charge >= 0.3 is 6.18 Å². The van der Waals surface area contributed by atoms with E-state index in [1.807, 2.05) is 30.3 Å². The second-order valence-electron chi connectivity index (χ2n) is 6.07. The summed E-state index contributed by atoms with van der Waals surface area (Å²) in [7, 11) is 0. The van der Waals surface area contributed by atoms with Gasteiger partial charge in [-0.1, -0.05) is 76.5 Å². The number of thiazole rings is 1. The molecule has 2 N–H and O–H groups in total. The normalized spacial score (nSPS) is 11.7. The summed E-state index contributed by atoms with van der Waals surface area (Å²) >= 11 is 18.9. The van der Waals surface area contributed by atoms with E-state index in [9.17, 15) is 13.2 Å². The number of nitrogens with zero attached hydrogens (tertiary/aromatic N) is 1. The molecule has 0 fully saturated rings. The van der Waals surface area contributed by atoms with Crippen LogP contribution in [0.2, 0.25) is 15.1 Å². The molecule has 2 aromatic carbocycles. The lowest BCUT2D eigenvalue weighted by Crippen LogP contribution is -2.18. The molecular formula is C19H15Cl3F3N3S. The molecule has 0 bridgehead atoms. The number of aromatic nitrogens is 1. The van der Waals surface area contributed by atoms with Crippen LogP contribution in [0.25, 0.3) is 0 Å². The van der Waals surface area contributed by atoms with Crippen LogP contribution in [0.5, 0.6) is 0 Å². The highest BCUT2D eigenvalue weighted by Gasteiger charge is 2.37. The average molecular weight is 481 g/mol. The first kappa shape index (κ1) is 22.2. The van der Waals surface area contributed by atoms with E-state index in [0.717, 1.165) is 16.9 Å². The number of halogens is 6. The van der Waals surface area contributed by atoms with E-state index in [-0.39, 0.29) is 32.3 Å². The van der Waals surface area contributed by atoms with Crippen molar-refractivity contribution in [3.63, 3.8) is 0 Å². The molecule has 0 unspecified atom stereocenters. The molecule has 3 rings (SSSR count). The van der Waals surface area contributed by atoms with E-state index < -0.39 is 11.9 Å². The maximum absolute atomic E-state index is 13.4. The smallest absolute Gasteiger partial charge is 0.329 e. The second-order valence-corrected chi connectivity index (χ2v) is 8.40. The maximum atomic E-state index is 13.4. The zero-order valence-electron chi connectivity index (χ0n) is 14.8. The van der Waals surface area contributed by atoms with Crippen molar-refractivity contribution in [1.82, 2.24) is 10.3 Å². The van der Waals surface area contributed by atoms with Crippen LogP contribution in [-0.2, 0) is 19.1 Å². The van der Waals surface area contributed by atoms with Crippen molar-refractivity contribution in [2.24, 2.45) is 0 Å². The van der Waals surface area contributed by atoms with Crippen molar-refractivity contribution < 1.29 is 13.2 Å². The van der Waals surface area contributed by atoms with Crippen LogP contribution < -0.4 is 10.6 Å². The molecule has 0 atom stereocenters. The van der Waals surface area contributed by atoms with Gasteiger partial charge < -0.3 is 10.6 Å². The highest BCUT2D eigenvalue weighted by Crippen LogP contribution is 2.40. The molecule has 0 spiro atoms. The third-order valence-corrected chi connectivity index (χ3v) is 5.71. The van der Waals surface area contributed by atoms with Crippen LogP contribution in [-0.4, -0.2) is 11.5 Å². The van der Waals surface area contributed by atoms with Gasteiger partial charge in [0.2, 0.25) is 0 Å². The molecular weight excluding hydrogens is 466 g/mol. The van der Waals surface area contributed by atoms with Crippen molar-refractivity contribution in [2.45, 2.75) is 19.1 Å². The van der Waals surface area contributed by atoms with E-state index >= 15 is 0 Å². The monoisotopic (exact) mass is 479 g/mol. The molecule has 29 heavy (non-hydrogen) atoms. The fraction of sp³-hybridized carbons (Fsp3) is 0.211. The lowest BCUT2D eigenvalue weighted by atomic mass is 10.1. The van der Waals surface area contributed by atoms with Gasteiger partial charge in [0.1, 0.15) is 0 Å². The minimum absolute atomic E-state index is 0.0447. The predicted octanol–water partition coefficient (Wildman–Crippen LogP) is 7.20. The van der Waals surface area contributed by atoms with E-state index in [1.54, 1.807) is 0 Å². The Kier molecular flexibility index (Phi) is 7.29. The third-order valence-electron chi connectivity index (χ3n) is 3.92. The second kappa shape index (κ2) is 9.53. The summed E-state index contributed by atoms with van der Waals surface area (Å²) in [5.74, 6) is 0. The fourth-order valence-electron chi connectivity index (χ4n) is 2.59.